The van der Waals surface area contributed by atoms with Crippen LogP contribution in [0.25, 0.3) is 0 Å². The van der Waals surface area contributed by atoms with Crippen molar-refractivity contribution < 1.29 is 8.42 Å². The Kier molecular flexibility index (Phi) is 4.64. The van der Waals surface area contributed by atoms with E-state index in [-0.39, 0.29) is 20.6 Å². The monoisotopic (exact) mass is 393 g/mol. The van der Waals surface area contributed by atoms with Crippen LogP contribution < -0.4 is 4.72 Å². The average molecular weight is 395 g/mol. The van der Waals surface area contributed by atoms with Crippen molar-refractivity contribution in [2.24, 2.45) is 0 Å². The number of anilines is 1. The number of aryl methyl sites for hydroxylation is 1. The van der Waals surface area contributed by atoms with Crippen LogP contribution in [0.5, 0.6) is 0 Å². The van der Waals surface area contributed by atoms with E-state index in [1.165, 1.54) is 6.07 Å². The molecule has 0 fully saturated rings. The van der Waals surface area contributed by atoms with Gasteiger partial charge in [0.2, 0.25) is 0 Å². The van der Waals surface area contributed by atoms with Crippen LogP contribution in [0.4, 0.5) is 5.69 Å². The maximum Gasteiger partial charge on any atom is 0.261 e. The number of benzene rings is 2. The topological polar surface area (TPSA) is 46.2 Å². The molecule has 0 aliphatic rings. The minimum atomic E-state index is -3.74. The van der Waals surface area contributed by atoms with Gasteiger partial charge in [-0.25, -0.2) is 8.42 Å². The van der Waals surface area contributed by atoms with Crippen molar-refractivity contribution >= 4 is 54.8 Å². The molecule has 2 aromatic rings. The van der Waals surface area contributed by atoms with Crippen LogP contribution in [0.2, 0.25) is 10.0 Å². The molecule has 20 heavy (non-hydrogen) atoms. The molecule has 0 aromatic heterocycles. The second-order valence-electron chi connectivity index (χ2n) is 4.11. The van der Waals surface area contributed by atoms with E-state index < -0.39 is 10.0 Å². The molecule has 0 saturated heterocycles. The molecule has 0 aliphatic carbocycles. The van der Waals surface area contributed by atoms with Gasteiger partial charge in [0.25, 0.3) is 10.0 Å². The number of nitrogens with one attached hydrogen (secondary N) is 1. The van der Waals surface area contributed by atoms with Crippen molar-refractivity contribution in [2.45, 2.75) is 11.8 Å². The lowest BCUT2D eigenvalue weighted by Gasteiger charge is -2.12. The van der Waals surface area contributed by atoms with E-state index >= 15 is 0 Å². The summed E-state index contributed by atoms with van der Waals surface area (Å²) in [6.45, 7) is 1.81. The number of sulfonamides is 1. The standard InChI is InChI=1S/C13H10BrCl2NO2S/c1-8-7-9(5-6-10(8)14)20(18,19)17-13-11(15)3-2-4-12(13)16/h2-7,17H,1H3. The largest absolute Gasteiger partial charge is 0.277 e. The van der Waals surface area contributed by atoms with Crippen LogP contribution in [0.15, 0.2) is 45.8 Å². The van der Waals surface area contributed by atoms with Crippen LogP contribution in [0.3, 0.4) is 0 Å². The molecular formula is C13H10BrCl2NO2S. The van der Waals surface area contributed by atoms with E-state index in [4.69, 9.17) is 23.2 Å². The maximum atomic E-state index is 12.3. The van der Waals surface area contributed by atoms with Gasteiger partial charge in [0.15, 0.2) is 0 Å². The molecule has 3 nitrogen and oxygen atoms in total. The summed E-state index contributed by atoms with van der Waals surface area (Å²) in [5.41, 5.74) is 0.995. The minimum absolute atomic E-state index is 0.147. The van der Waals surface area contributed by atoms with E-state index in [1.54, 1.807) is 30.3 Å². The van der Waals surface area contributed by atoms with E-state index in [1.807, 2.05) is 6.92 Å². The molecule has 0 atom stereocenters. The van der Waals surface area contributed by atoms with Gasteiger partial charge < -0.3 is 0 Å². The van der Waals surface area contributed by atoms with Gasteiger partial charge in [-0.3, -0.25) is 4.72 Å². The molecule has 0 saturated carbocycles. The van der Waals surface area contributed by atoms with Crippen molar-refractivity contribution in [3.63, 3.8) is 0 Å². The summed E-state index contributed by atoms with van der Waals surface area (Å²) in [5, 5.41) is 0.491. The fourth-order valence-corrected chi connectivity index (χ4v) is 3.61. The zero-order valence-electron chi connectivity index (χ0n) is 10.3. The fraction of sp³-hybridized carbons (Fsp3) is 0.0769. The van der Waals surface area contributed by atoms with Crippen LogP contribution in [0.1, 0.15) is 5.56 Å². The summed E-state index contributed by atoms with van der Waals surface area (Å²) in [6, 6.07) is 9.53. The Morgan fingerprint density at radius 2 is 1.70 bits per heavy atom. The molecule has 0 spiro atoms. The van der Waals surface area contributed by atoms with Crippen molar-refractivity contribution in [3.8, 4) is 0 Å². The summed E-state index contributed by atoms with van der Waals surface area (Å²) in [7, 11) is -3.74. The second kappa shape index (κ2) is 5.93. The van der Waals surface area contributed by atoms with Gasteiger partial charge in [-0.05, 0) is 42.8 Å². The van der Waals surface area contributed by atoms with Crippen molar-refractivity contribution in [1.29, 1.82) is 0 Å². The minimum Gasteiger partial charge on any atom is -0.277 e. The average Bonchev–Trinajstić information content (AvgIpc) is 2.37. The van der Waals surface area contributed by atoms with Crippen molar-refractivity contribution in [1.82, 2.24) is 0 Å². The van der Waals surface area contributed by atoms with Crippen LogP contribution >= 0.6 is 39.1 Å². The first-order chi connectivity index (χ1) is 9.31. The molecular weight excluding hydrogens is 385 g/mol. The Morgan fingerprint density at radius 3 is 2.25 bits per heavy atom. The summed E-state index contributed by atoms with van der Waals surface area (Å²) in [4.78, 5) is 0.147. The normalized spacial score (nSPS) is 11.4. The highest BCUT2D eigenvalue weighted by Crippen LogP contribution is 2.32. The number of halogens is 3. The van der Waals surface area contributed by atoms with Crippen LogP contribution in [-0.2, 0) is 10.0 Å². The Bertz CT molecular complexity index is 743. The molecule has 0 unspecified atom stereocenters. The summed E-state index contributed by atoms with van der Waals surface area (Å²) >= 11 is 15.2. The fourth-order valence-electron chi connectivity index (χ4n) is 1.57. The van der Waals surface area contributed by atoms with Gasteiger partial charge in [-0.1, -0.05) is 45.2 Å². The third kappa shape index (κ3) is 3.28. The van der Waals surface area contributed by atoms with E-state index in [2.05, 4.69) is 20.7 Å². The number of hydrogen-bond acceptors (Lipinski definition) is 2. The van der Waals surface area contributed by atoms with Gasteiger partial charge >= 0.3 is 0 Å². The zero-order valence-corrected chi connectivity index (χ0v) is 14.2. The third-order valence-electron chi connectivity index (χ3n) is 2.64. The smallest absolute Gasteiger partial charge is 0.261 e. The number of para-hydroxylation sites is 1. The highest BCUT2D eigenvalue weighted by molar-refractivity contribution is 9.10. The maximum absolute atomic E-state index is 12.3. The first-order valence-corrected chi connectivity index (χ1v) is 8.57. The number of rotatable bonds is 3. The molecule has 0 bridgehead atoms. The third-order valence-corrected chi connectivity index (χ3v) is 5.51. The highest BCUT2D eigenvalue weighted by atomic mass is 79.9. The Morgan fingerprint density at radius 1 is 1.10 bits per heavy atom. The summed E-state index contributed by atoms with van der Waals surface area (Å²) in [6.07, 6.45) is 0. The number of hydrogen-bond donors (Lipinski definition) is 1. The molecule has 7 heteroatoms. The molecule has 0 radical (unpaired) electrons. The molecule has 1 N–H and O–H groups in total. The van der Waals surface area contributed by atoms with Crippen LogP contribution in [0, 0.1) is 6.92 Å². The lowest BCUT2D eigenvalue weighted by Crippen LogP contribution is -2.13. The Balaban J connectivity index is 2.43. The van der Waals surface area contributed by atoms with Crippen molar-refractivity contribution in [3.05, 3.63) is 56.5 Å². The second-order valence-corrected chi connectivity index (χ2v) is 7.46. The van der Waals surface area contributed by atoms with Gasteiger partial charge in [-0.2, -0.15) is 0 Å². The molecule has 2 rings (SSSR count). The first kappa shape index (κ1) is 15.6. The summed E-state index contributed by atoms with van der Waals surface area (Å²) < 4.78 is 27.9. The summed E-state index contributed by atoms with van der Waals surface area (Å²) in [5.74, 6) is 0. The van der Waals surface area contributed by atoms with E-state index in [0.29, 0.717) is 0 Å². The SMILES string of the molecule is Cc1cc(S(=O)(=O)Nc2c(Cl)cccc2Cl)ccc1Br. The van der Waals surface area contributed by atoms with Crippen molar-refractivity contribution in [2.75, 3.05) is 4.72 Å². The van der Waals surface area contributed by atoms with E-state index in [0.717, 1.165) is 10.0 Å². The van der Waals surface area contributed by atoms with Gasteiger partial charge in [-0.15, -0.1) is 0 Å². The first-order valence-electron chi connectivity index (χ1n) is 5.54. The Labute approximate surface area is 136 Å². The zero-order chi connectivity index (χ0) is 14.9. The lowest BCUT2D eigenvalue weighted by molar-refractivity contribution is 0.601. The predicted molar refractivity (Wildman–Crippen MR) is 86.1 cm³/mol. The molecule has 0 amide bonds. The van der Waals surface area contributed by atoms with Gasteiger partial charge in [0.1, 0.15) is 0 Å². The van der Waals surface area contributed by atoms with E-state index in [9.17, 15) is 8.42 Å². The molecule has 106 valence electrons. The van der Waals surface area contributed by atoms with Crippen LogP contribution in [-0.4, -0.2) is 8.42 Å². The van der Waals surface area contributed by atoms with Gasteiger partial charge in [0.05, 0.1) is 20.6 Å². The molecule has 2 aromatic carbocycles. The van der Waals surface area contributed by atoms with Gasteiger partial charge in [0, 0.05) is 4.47 Å². The quantitative estimate of drug-likeness (QED) is 0.807. The predicted octanol–water partition coefficient (Wildman–Crippen LogP) is 4.87. The molecule has 0 heterocycles. The lowest BCUT2D eigenvalue weighted by atomic mass is 10.2. The highest BCUT2D eigenvalue weighted by Gasteiger charge is 2.18. The Hall–Kier alpha value is -0.750. The molecule has 0 aliphatic heterocycles.